The average molecular weight is 378 g/mol. The van der Waals surface area contributed by atoms with Crippen molar-refractivity contribution < 1.29 is 4.79 Å². The number of aromatic nitrogens is 3. The zero-order valence-corrected chi connectivity index (χ0v) is 15.0. The van der Waals surface area contributed by atoms with E-state index in [2.05, 4.69) is 45.4 Å². The monoisotopic (exact) mass is 377 g/mol. The van der Waals surface area contributed by atoms with E-state index in [1.807, 2.05) is 36.1 Å². The highest BCUT2D eigenvalue weighted by Crippen LogP contribution is 2.18. The van der Waals surface area contributed by atoms with Crippen molar-refractivity contribution in [2.75, 3.05) is 13.1 Å². The van der Waals surface area contributed by atoms with Crippen LogP contribution in [0, 0.1) is 6.92 Å². The summed E-state index contributed by atoms with van der Waals surface area (Å²) in [5, 5.41) is 11.7. The lowest BCUT2D eigenvalue weighted by Crippen LogP contribution is -2.56. The Bertz CT molecular complexity index is 719. The summed E-state index contributed by atoms with van der Waals surface area (Å²) in [5.74, 6) is -0.0519. The van der Waals surface area contributed by atoms with E-state index >= 15 is 0 Å². The molecule has 1 N–H and O–H groups in total. The molecule has 0 unspecified atom stereocenters. The number of nitrogens with zero attached hydrogens (tertiary/aromatic N) is 4. The molecule has 3 rings (SSSR count). The number of piperazine rings is 1. The highest BCUT2D eigenvalue weighted by Gasteiger charge is 2.28. The minimum atomic E-state index is -0.0519. The summed E-state index contributed by atoms with van der Waals surface area (Å²) in [7, 11) is 0. The lowest BCUT2D eigenvalue weighted by atomic mass is 10.1. The molecule has 0 aliphatic carbocycles. The molecular weight excluding hydrogens is 358 g/mol. The molecule has 7 heteroatoms. The van der Waals surface area contributed by atoms with Gasteiger partial charge in [-0.3, -0.25) is 4.79 Å². The van der Waals surface area contributed by atoms with Crippen LogP contribution in [0.4, 0.5) is 0 Å². The molecule has 6 nitrogen and oxygen atoms in total. The van der Waals surface area contributed by atoms with Gasteiger partial charge in [0, 0.05) is 29.6 Å². The first-order valence-electron chi connectivity index (χ1n) is 7.69. The third kappa shape index (κ3) is 3.30. The van der Waals surface area contributed by atoms with Gasteiger partial charge in [0.2, 0.25) is 0 Å². The number of carbonyl (C=O) groups is 1. The van der Waals surface area contributed by atoms with Crippen LogP contribution in [0.25, 0.3) is 5.69 Å². The molecule has 2 atom stereocenters. The second-order valence-electron chi connectivity index (χ2n) is 6.09. The minimum Gasteiger partial charge on any atom is -0.334 e. The number of halogens is 1. The number of carbonyl (C=O) groups excluding carboxylic acids is 1. The van der Waals surface area contributed by atoms with Crippen LogP contribution >= 0.6 is 15.9 Å². The predicted molar refractivity (Wildman–Crippen MR) is 91.8 cm³/mol. The van der Waals surface area contributed by atoms with Crippen molar-refractivity contribution >= 4 is 21.8 Å². The smallest absolute Gasteiger partial charge is 0.276 e. The zero-order chi connectivity index (χ0) is 16.6. The van der Waals surface area contributed by atoms with E-state index in [4.69, 9.17) is 0 Å². The number of hydrogen-bond acceptors (Lipinski definition) is 4. The Hall–Kier alpha value is -1.73. The topological polar surface area (TPSA) is 63.1 Å². The predicted octanol–water partition coefficient (Wildman–Crippen LogP) is 2.16. The van der Waals surface area contributed by atoms with Crippen molar-refractivity contribution in [1.82, 2.24) is 25.2 Å². The molecule has 2 aromatic rings. The summed E-state index contributed by atoms with van der Waals surface area (Å²) >= 11 is 3.45. The van der Waals surface area contributed by atoms with E-state index in [-0.39, 0.29) is 18.0 Å². The number of amides is 1. The molecule has 1 aliphatic rings. The molecule has 0 spiro atoms. The fraction of sp³-hybridized carbons (Fsp3) is 0.438. The number of rotatable bonds is 2. The quantitative estimate of drug-likeness (QED) is 0.870. The summed E-state index contributed by atoms with van der Waals surface area (Å²) in [6, 6.07) is 8.33. The summed E-state index contributed by atoms with van der Waals surface area (Å²) < 4.78 is 2.66. The molecule has 1 amide bonds. The standard InChI is InChI=1S/C16H20BrN5O/c1-10-8-21(9-11(2)18-10)16(23)15-12(3)22(20-19-15)14-6-4-5-13(17)7-14/h4-7,10-11,18H,8-9H2,1-3H3/t10-,11+. The lowest BCUT2D eigenvalue weighted by molar-refractivity contribution is 0.0667. The van der Waals surface area contributed by atoms with Crippen molar-refractivity contribution in [1.29, 1.82) is 0 Å². The molecule has 0 saturated carbocycles. The van der Waals surface area contributed by atoms with Crippen LogP contribution in [0.3, 0.4) is 0 Å². The molecule has 1 aromatic heterocycles. The van der Waals surface area contributed by atoms with Gasteiger partial charge in [0.25, 0.3) is 5.91 Å². The molecule has 23 heavy (non-hydrogen) atoms. The van der Waals surface area contributed by atoms with E-state index in [1.54, 1.807) is 4.68 Å². The van der Waals surface area contributed by atoms with Crippen LogP contribution in [0.2, 0.25) is 0 Å². The lowest BCUT2D eigenvalue weighted by Gasteiger charge is -2.35. The van der Waals surface area contributed by atoms with Crippen LogP contribution < -0.4 is 5.32 Å². The summed E-state index contributed by atoms with van der Waals surface area (Å²) in [6.07, 6.45) is 0. The summed E-state index contributed by atoms with van der Waals surface area (Å²) in [6.45, 7) is 7.42. The van der Waals surface area contributed by atoms with Crippen LogP contribution in [0.1, 0.15) is 30.0 Å². The Morgan fingerprint density at radius 2 is 2.00 bits per heavy atom. The van der Waals surface area contributed by atoms with Gasteiger partial charge in [-0.2, -0.15) is 0 Å². The number of benzene rings is 1. The molecule has 122 valence electrons. The highest BCUT2D eigenvalue weighted by molar-refractivity contribution is 9.10. The molecule has 0 bridgehead atoms. The van der Waals surface area contributed by atoms with Gasteiger partial charge in [0.05, 0.1) is 11.4 Å². The first kappa shape index (κ1) is 16.1. The summed E-state index contributed by atoms with van der Waals surface area (Å²) in [5.41, 5.74) is 2.06. The van der Waals surface area contributed by atoms with Crippen LogP contribution in [-0.2, 0) is 0 Å². The van der Waals surface area contributed by atoms with Gasteiger partial charge in [-0.1, -0.05) is 27.2 Å². The molecule has 1 aliphatic heterocycles. The molecule has 1 saturated heterocycles. The van der Waals surface area contributed by atoms with Crippen molar-refractivity contribution in [2.24, 2.45) is 0 Å². The number of hydrogen-bond donors (Lipinski definition) is 1. The van der Waals surface area contributed by atoms with E-state index in [0.717, 1.165) is 15.9 Å². The Kier molecular flexibility index (Phi) is 4.50. The second kappa shape index (κ2) is 6.41. The van der Waals surface area contributed by atoms with Gasteiger partial charge in [0.15, 0.2) is 5.69 Å². The SMILES string of the molecule is Cc1c(C(=O)N2C[C@@H](C)N[C@@H](C)C2)nnn1-c1cccc(Br)c1. The Balaban J connectivity index is 1.88. The Labute approximate surface area is 144 Å². The van der Waals surface area contributed by atoms with Gasteiger partial charge in [-0.15, -0.1) is 5.10 Å². The van der Waals surface area contributed by atoms with Crippen molar-refractivity contribution in [3.8, 4) is 5.69 Å². The third-order valence-corrected chi connectivity index (χ3v) is 4.49. The van der Waals surface area contributed by atoms with E-state index in [9.17, 15) is 4.79 Å². The number of nitrogens with one attached hydrogen (secondary N) is 1. The van der Waals surface area contributed by atoms with Gasteiger partial charge in [-0.05, 0) is 39.0 Å². The third-order valence-electron chi connectivity index (χ3n) is 3.99. The minimum absolute atomic E-state index is 0.0519. The van der Waals surface area contributed by atoms with Crippen molar-refractivity contribution in [3.05, 3.63) is 40.1 Å². The maximum Gasteiger partial charge on any atom is 0.276 e. The maximum absolute atomic E-state index is 12.8. The molecule has 1 aromatic carbocycles. The molecular formula is C16H20BrN5O. The first-order valence-corrected chi connectivity index (χ1v) is 8.48. The largest absolute Gasteiger partial charge is 0.334 e. The van der Waals surface area contributed by atoms with Crippen LogP contribution in [0.5, 0.6) is 0 Å². The second-order valence-corrected chi connectivity index (χ2v) is 7.01. The Morgan fingerprint density at radius 1 is 1.30 bits per heavy atom. The average Bonchev–Trinajstić information content (AvgIpc) is 2.87. The molecule has 1 fully saturated rings. The maximum atomic E-state index is 12.8. The van der Waals surface area contributed by atoms with E-state index in [0.29, 0.717) is 18.8 Å². The van der Waals surface area contributed by atoms with Crippen molar-refractivity contribution in [3.63, 3.8) is 0 Å². The van der Waals surface area contributed by atoms with E-state index in [1.165, 1.54) is 0 Å². The Morgan fingerprint density at radius 3 is 2.65 bits per heavy atom. The van der Waals surface area contributed by atoms with Crippen LogP contribution in [0.15, 0.2) is 28.7 Å². The zero-order valence-electron chi connectivity index (χ0n) is 13.5. The fourth-order valence-electron chi connectivity index (χ4n) is 3.02. The molecule has 0 radical (unpaired) electrons. The van der Waals surface area contributed by atoms with Gasteiger partial charge < -0.3 is 10.2 Å². The van der Waals surface area contributed by atoms with Gasteiger partial charge >= 0.3 is 0 Å². The normalized spacial score (nSPS) is 21.5. The summed E-state index contributed by atoms with van der Waals surface area (Å²) in [4.78, 5) is 14.7. The fourth-order valence-corrected chi connectivity index (χ4v) is 3.41. The van der Waals surface area contributed by atoms with Gasteiger partial charge in [-0.25, -0.2) is 4.68 Å². The van der Waals surface area contributed by atoms with E-state index < -0.39 is 0 Å². The van der Waals surface area contributed by atoms with Crippen LogP contribution in [-0.4, -0.2) is 51.0 Å². The van der Waals surface area contributed by atoms with Crippen molar-refractivity contribution in [2.45, 2.75) is 32.9 Å². The first-order chi connectivity index (χ1) is 11.0. The molecule has 2 heterocycles. The highest BCUT2D eigenvalue weighted by atomic mass is 79.9. The van der Waals surface area contributed by atoms with Gasteiger partial charge in [0.1, 0.15) is 0 Å².